The summed E-state index contributed by atoms with van der Waals surface area (Å²) < 4.78 is 40.7. The zero-order valence-electron chi connectivity index (χ0n) is 13.3. The molecule has 4 rings (SSSR count). The fourth-order valence-corrected chi connectivity index (χ4v) is 4.20. The largest absolute Gasteiger partial charge is 0.345 e. The first kappa shape index (κ1) is 16.6. The Hall–Kier alpha value is -1.86. The standard InChI is InChI=1S/C18H17F3N2OS/c19-13-4-2-1-3-12(13)16(17(24)22-15-9-18(15,20)21)23-7-5-14-11(10-23)6-8-25-14/h1-4,6,8,15-16H,5,7,9-10H2,(H,22,24). The van der Waals surface area contributed by atoms with Crippen LogP contribution in [0.5, 0.6) is 0 Å². The molecule has 7 heteroatoms. The molecule has 2 heterocycles. The zero-order chi connectivity index (χ0) is 17.6. The third-order valence-electron chi connectivity index (χ3n) is 4.79. The molecule has 2 aliphatic rings. The highest BCUT2D eigenvalue weighted by Gasteiger charge is 2.58. The molecule has 3 nitrogen and oxygen atoms in total. The lowest BCUT2D eigenvalue weighted by molar-refractivity contribution is -0.128. The maximum atomic E-state index is 14.3. The highest BCUT2D eigenvalue weighted by atomic mass is 32.1. The van der Waals surface area contributed by atoms with Gasteiger partial charge in [0.05, 0.1) is 6.04 Å². The summed E-state index contributed by atoms with van der Waals surface area (Å²) in [7, 11) is 0. The number of halogens is 3. The predicted octanol–water partition coefficient (Wildman–Crippen LogP) is 3.51. The number of nitrogens with one attached hydrogen (secondary N) is 1. The Labute approximate surface area is 147 Å². The molecule has 2 unspecified atom stereocenters. The van der Waals surface area contributed by atoms with Crippen molar-refractivity contribution >= 4 is 17.2 Å². The molecule has 0 spiro atoms. The molecule has 132 valence electrons. The third-order valence-corrected chi connectivity index (χ3v) is 5.82. The second kappa shape index (κ2) is 6.14. The van der Waals surface area contributed by atoms with E-state index in [4.69, 9.17) is 0 Å². The van der Waals surface area contributed by atoms with Crippen LogP contribution in [0.25, 0.3) is 0 Å². The summed E-state index contributed by atoms with van der Waals surface area (Å²) in [5.41, 5.74) is 1.34. The van der Waals surface area contributed by atoms with Gasteiger partial charge >= 0.3 is 0 Å². The van der Waals surface area contributed by atoms with E-state index >= 15 is 0 Å². The minimum atomic E-state index is -2.85. The summed E-state index contributed by atoms with van der Waals surface area (Å²) in [6, 6.07) is 5.99. The van der Waals surface area contributed by atoms with Gasteiger partial charge in [-0.1, -0.05) is 18.2 Å². The van der Waals surface area contributed by atoms with Crippen molar-refractivity contribution < 1.29 is 18.0 Å². The van der Waals surface area contributed by atoms with E-state index in [2.05, 4.69) is 5.32 Å². The Bertz CT molecular complexity index is 807. The number of amides is 1. The number of alkyl halides is 2. The number of hydrogen-bond donors (Lipinski definition) is 1. The molecule has 25 heavy (non-hydrogen) atoms. The molecule has 0 bridgehead atoms. The van der Waals surface area contributed by atoms with E-state index in [9.17, 15) is 18.0 Å². The second-order valence-electron chi connectivity index (χ2n) is 6.54. The number of fused-ring (bicyclic) bond motifs is 1. The number of carbonyl (C=O) groups excluding carboxylic acids is 1. The summed E-state index contributed by atoms with van der Waals surface area (Å²) in [5, 5.41) is 4.39. The Balaban J connectivity index is 1.62. The van der Waals surface area contributed by atoms with Crippen LogP contribution in [0.15, 0.2) is 35.7 Å². The van der Waals surface area contributed by atoms with Crippen LogP contribution in [0.3, 0.4) is 0 Å². The molecule has 1 amide bonds. The fourth-order valence-electron chi connectivity index (χ4n) is 3.31. The molecular weight excluding hydrogens is 349 g/mol. The lowest BCUT2D eigenvalue weighted by atomic mass is 10.00. The maximum absolute atomic E-state index is 14.3. The third kappa shape index (κ3) is 3.18. The molecule has 0 saturated heterocycles. The van der Waals surface area contributed by atoms with Gasteiger partial charge in [-0.3, -0.25) is 9.69 Å². The van der Waals surface area contributed by atoms with Crippen LogP contribution < -0.4 is 5.32 Å². The van der Waals surface area contributed by atoms with Gasteiger partial charge in [-0.15, -0.1) is 11.3 Å². The first-order valence-corrected chi connectivity index (χ1v) is 9.05. The fraction of sp³-hybridized carbons (Fsp3) is 0.389. The number of hydrogen-bond acceptors (Lipinski definition) is 3. The van der Waals surface area contributed by atoms with Crippen LogP contribution >= 0.6 is 11.3 Å². The van der Waals surface area contributed by atoms with Crippen LogP contribution in [0, 0.1) is 5.82 Å². The minimum absolute atomic E-state index is 0.225. The summed E-state index contributed by atoms with van der Waals surface area (Å²) in [6.45, 7) is 1.09. The van der Waals surface area contributed by atoms with Gasteiger partial charge in [0, 0.05) is 30.0 Å². The maximum Gasteiger partial charge on any atom is 0.270 e. The van der Waals surface area contributed by atoms with Crippen molar-refractivity contribution in [3.05, 3.63) is 57.5 Å². The molecule has 1 aliphatic heterocycles. The number of thiophene rings is 1. The van der Waals surface area contributed by atoms with E-state index in [1.807, 2.05) is 16.3 Å². The average molecular weight is 366 g/mol. The Morgan fingerprint density at radius 3 is 2.80 bits per heavy atom. The number of nitrogens with zero attached hydrogens (tertiary/aromatic N) is 1. The van der Waals surface area contributed by atoms with Gasteiger partial charge in [-0.05, 0) is 29.5 Å². The lowest BCUT2D eigenvalue weighted by Gasteiger charge is -2.34. The van der Waals surface area contributed by atoms with Crippen molar-refractivity contribution in [3.63, 3.8) is 0 Å². The van der Waals surface area contributed by atoms with Crippen molar-refractivity contribution in [2.24, 2.45) is 0 Å². The second-order valence-corrected chi connectivity index (χ2v) is 7.54. The summed E-state index contributed by atoms with van der Waals surface area (Å²) in [5.74, 6) is -3.91. The minimum Gasteiger partial charge on any atom is -0.345 e. The van der Waals surface area contributed by atoms with Gasteiger partial charge in [0.15, 0.2) is 0 Å². The highest BCUT2D eigenvalue weighted by molar-refractivity contribution is 7.10. The van der Waals surface area contributed by atoms with Crippen LogP contribution in [-0.4, -0.2) is 29.3 Å². The van der Waals surface area contributed by atoms with Crippen molar-refractivity contribution in [2.75, 3.05) is 6.54 Å². The monoisotopic (exact) mass is 366 g/mol. The smallest absolute Gasteiger partial charge is 0.270 e. The van der Waals surface area contributed by atoms with Gasteiger partial charge in [-0.25, -0.2) is 13.2 Å². The summed E-state index contributed by atoms with van der Waals surface area (Å²) >= 11 is 1.67. The van der Waals surface area contributed by atoms with Gasteiger partial charge < -0.3 is 5.32 Å². The molecule has 2 atom stereocenters. The summed E-state index contributed by atoms with van der Waals surface area (Å²) in [4.78, 5) is 15.9. The van der Waals surface area contributed by atoms with Crippen LogP contribution in [0.4, 0.5) is 13.2 Å². The molecular formula is C18H17F3N2OS. The number of carbonyl (C=O) groups is 1. The van der Waals surface area contributed by atoms with E-state index < -0.39 is 29.7 Å². The molecule has 0 radical (unpaired) electrons. The van der Waals surface area contributed by atoms with E-state index in [0.717, 1.165) is 12.0 Å². The van der Waals surface area contributed by atoms with Gasteiger partial charge in [0.2, 0.25) is 5.91 Å². The zero-order valence-corrected chi connectivity index (χ0v) is 14.2. The van der Waals surface area contributed by atoms with Gasteiger partial charge in [-0.2, -0.15) is 0 Å². The van der Waals surface area contributed by atoms with E-state index in [-0.39, 0.29) is 12.0 Å². The van der Waals surface area contributed by atoms with Crippen molar-refractivity contribution in [1.29, 1.82) is 0 Å². The van der Waals surface area contributed by atoms with Crippen molar-refractivity contribution in [2.45, 2.75) is 37.4 Å². The SMILES string of the molecule is O=C(NC1CC1(F)F)C(c1ccccc1F)N1CCc2sccc2C1. The van der Waals surface area contributed by atoms with Crippen LogP contribution in [0.1, 0.15) is 28.5 Å². The topological polar surface area (TPSA) is 32.3 Å². The van der Waals surface area contributed by atoms with Crippen LogP contribution in [-0.2, 0) is 17.8 Å². The first-order valence-electron chi connectivity index (χ1n) is 8.17. The quantitative estimate of drug-likeness (QED) is 0.898. The molecule has 2 aromatic rings. The predicted molar refractivity (Wildman–Crippen MR) is 89.1 cm³/mol. The van der Waals surface area contributed by atoms with E-state index in [1.54, 1.807) is 29.5 Å². The molecule has 1 N–H and O–H groups in total. The molecule has 1 aromatic heterocycles. The van der Waals surface area contributed by atoms with E-state index in [0.29, 0.717) is 13.1 Å². The lowest BCUT2D eigenvalue weighted by Crippen LogP contribution is -2.44. The summed E-state index contributed by atoms with van der Waals surface area (Å²) in [6.07, 6.45) is 0.419. The average Bonchev–Trinajstić information content (AvgIpc) is 2.97. The van der Waals surface area contributed by atoms with E-state index in [1.165, 1.54) is 10.9 Å². The first-order chi connectivity index (χ1) is 12.0. The molecule has 1 fully saturated rings. The molecule has 1 saturated carbocycles. The normalized spacial score (nSPS) is 22.9. The number of benzene rings is 1. The molecule has 1 aliphatic carbocycles. The van der Waals surface area contributed by atoms with Crippen LogP contribution in [0.2, 0.25) is 0 Å². The Kier molecular flexibility index (Phi) is 4.08. The van der Waals surface area contributed by atoms with Crippen molar-refractivity contribution in [3.8, 4) is 0 Å². The van der Waals surface area contributed by atoms with Gasteiger partial charge in [0.1, 0.15) is 11.9 Å². The number of rotatable bonds is 4. The van der Waals surface area contributed by atoms with Crippen molar-refractivity contribution in [1.82, 2.24) is 10.2 Å². The molecule has 1 aromatic carbocycles. The van der Waals surface area contributed by atoms with Gasteiger partial charge in [0.25, 0.3) is 5.92 Å². The Morgan fingerprint density at radius 2 is 2.08 bits per heavy atom. The highest BCUT2D eigenvalue weighted by Crippen LogP contribution is 2.42. The Morgan fingerprint density at radius 1 is 1.32 bits per heavy atom.